The highest BCUT2D eigenvalue weighted by atomic mass is 19.1. The van der Waals surface area contributed by atoms with Gasteiger partial charge in [0.25, 0.3) is 0 Å². The van der Waals surface area contributed by atoms with Gasteiger partial charge in [0.05, 0.1) is 6.67 Å². The largest absolute Gasteiger partial charge is 0.465 e. The molecule has 0 heterocycles. The molecule has 0 fully saturated rings. The van der Waals surface area contributed by atoms with Crippen molar-refractivity contribution in [1.29, 1.82) is 0 Å². The van der Waals surface area contributed by atoms with E-state index in [1.54, 1.807) is 0 Å². The van der Waals surface area contributed by atoms with Gasteiger partial charge in [0.1, 0.15) is 0 Å². The van der Waals surface area contributed by atoms with Crippen LogP contribution in [0.3, 0.4) is 0 Å². The highest BCUT2D eigenvalue weighted by Crippen LogP contribution is 2.01. The van der Waals surface area contributed by atoms with Gasteiger partial charge in [0, 0.05) is 19.0 Å². The smallest absolute Gasteiger partial charge is 0.404 e. The summed E-state index contributed by atoms with van der Waals surface area (Å²) in [5.41, 5.74) is 0. The van der Waals surface area contributed by atoms with E-state index in [4.69, 9.17) is 5.11 Å². The van der Waals surface area contributed by atoms with E-state index in [1.165, 1.54) is 0 Å². The number of halogens is 1. The van der Waals surface area contributed by atoms with Crippen LogP contribution in [0.1, 0.15) is 32.6 Å². The maximum absolute atomic E-state index is 11.7. The van der Waals surface area contributed by atoms with E-state index >= 15 is 0 Å². The zero-order chi connectivity index (χ0) is 12.4. The molecule has 0 bridgehead atoms. The average Bonchev–Trinajstić information content (AvgIpc) is 2.24. The molecule has 1 unspecified atom stereocenters. The number of nitrogens with one attached hydrogen (secondary N) is 2. The molecular formula is C10H19FN2O3. The molecule has 0 radical (unpaired) electrons. The van der Waals surface area contributed by atoms with Gasteiger partial charge in [0.15, 0.2) is 0 Å². The first-order valence-corrected chi connectivity index (χ1v) is 5.42. The monoisotopic (exact) mass is 234 g/mol. The van der Waals surface area contributed by atoms with Crippen molar-refractivity contribution in [2.45, 2.75) is 38.6 Å². The Morgan fingerprint density at radius 3 is 2.62 bits per heavy atom. The third kappa shape index (κ3) is 8.02. The van der Waals surface area contributed by atoms with Crippen LogP contribution in [0.4, 0.5) is 9.18 Å². The van der Waals surface area contributed by atoms with Crippen molar-refractivity contribution in [2.75, 3.05) is 13.2 Å². The van der Waals surface area contributed by atoms with E-state index in [-0.39, 0.29) is 18.4 Å². The molecule has 0 aromatic rings. The first kappa shape index (κ1) is 14.7. The van der Waals surface area contributed by atoms with Gasteiger partial charge in [0.2, 0.25) is 5.91 Å². The van der Waals surface area contributed by atoms with Gasteiger partial charge in [-0.25, -0.2) is 4.79 Å². The van der Waals surface area contributed by atoms with Crippen molar-refractivity contribution >= 4 is 12.0 Å². The summed E-state index contributed by atoms with van der Waals surface area (Å²) in [5.74, 6) is -0.168. The van der Waals surface area contributed by atoms with Gasteiger partial charge in [-0.05, 0) is 19.3 Å². The number of alkyl halides is 1. The van der Waals surface area contributed by atoms with E-state index in [0.717, 1.165) is 0 Å². The molecule has 0 aliphatic heterocycles. The number of carbonyl (C=O) groups excluding carboxylic acids is 1. The molecule has 0 rings (SSSR count). The normalized spacial score (nSPS) is 11.9. The summed E-state index contributed by atoms with van der Waals surface area (Å²) >= 11 is 0. The van der Waals surface area contributed by atoms with E-state index in [9.17, 15) is 14.0 Å². The van der Waals surface area contributed by atoms with Crippen LogP contribution in [0.5, 0.6) is 0 Å². The molecule has 5 nitrogen and oxygen atoms in total. The topological polar surface area (TPSA) is 78.4 Å². The number of rotatable bonds is 8. The fourth-order valence-corrected chi connectivity index (χ4v) is 1.24. The molecule has 0 saturated heterocycles. The van der Waals surface area contributed by atoms with Gasteiger partial charge in [-0.3, -0.25) is 9.18 Å². The Balaban J connectivity index is 3.66. The third-order valence-electron chi connectivity index (χ3n) is 2.17. The highest BCUT2D eigenvalue weighted by Gasteiger charge is 2.11. The second-order valence-corrected chi connectivity index (χ2v) is 3.49. The molecule has 94 valence electrons. The number of carboxylic acid groups (broad SMARTS) is 1. The quantitative estimate of drug-likeness (QED) is 0.554. The lowest BCUT2D eigenvalue weighted by Gasteiger charge is -2.14. The number of carbonyl (C=O) groups is 2. The zero-order valence-corrected chi connectivity index (χ0v) is 9.46. The van der Waals surface area contributed by atoms with E-state index in [0.29, 0.717) is 25.8 Å². The van der Waals surface area contributed by atoms with Gasteiger partial charge in [-0.1, -0.05) is 6.92 Å². The Kier molecular flexibility index (Phi) is 8.19. The average molecular weight is 234 g/mol. The van der Waals surface area contributed by atoms with Gasteiger partial charge in [-0.2, -0.15) is 0 Å². The van der Waals surface area contributed by atoms with Crippen molar-refractivity contribution in [3.05, 3.63) is 0 Å². The second-order valence-electron chi connectivity index (χ2n) is 3.49. The molecule has 2 amide bonds. The SMILES string of the molecule is CCC(CCC(=O)NCCCF)NC(=O)O. The lowest BCUT2D eigenvalue weighted by molar-refractivity contribution is -0.121. The van der Waals surface area contributed by atoms with Crippen LogP contribution in [0.25, 0.3) is 0 Å². The van der Waals surface area contributed by atoms with Gasteiger partial charge >= 0.3 is 6.09 Å². The number of hydrogen-bond acceptors (Lipinski definition) is 2. The predicted octanol–water partition coefficient (Wildman–Crippen LogP) is 1.29. The molecule has 0 aromatic heterocycles. The Hall–Kier alpha value is -1.33. The minimum absolute atomic E-state index is 0.168. The number of amides is 2. The Morgan fingerprint density at radius 2 is 2.12 bits per heavy atom. The first-order valence-electron chi connectivity index (χ1n) is 5.42. The maximum atomic E-state index is 11.7. The molecule has 0 aliphatic carbocycles. The highest BCUT2D eigenvalue weighted by molar-refractivity contribution is 5.75. The molecule has 3 N–H and O–H groups in total. The van der Waals surface area contributed by atoms with Crippen molar-refractivity contribution in [3.63, 3.8) is 0 Å². The van der Waals surface area contributed by atoms with Crippen LogP contribution in [0.15, 0.2) is 0 Å². The van der Waals surface area contributed by atoms with Crippen LogP contribution < -0.4 is 10.6 Å². The zero-order valence-electron chi connectivity index (χ0n) is 9.46. The van der Waals surface area contributed by atoms with E-state index in [1.807, 2.05) is 6.92 Å². The third-order valence-corrected chi connectivity index (χ3v) is 2.17. The summed E-state index contributed by atoms with van der Waals surface area (Å²) in [4.78, 5) is 21.6. The molecule has 6 heteroatoms. The van der Waals surface area contributed by atoms with Crippen LogP contribution in [0, 0.1) is 0 Å². The van der Waals surface area contributed by atoms with E-state index < -0.39 is 12.8 Å². The predicted molar refractivity (Wildman–Crippen MR) is 58.1 cm³/mol. The van der Waals surface area contributed by atoms with Gasteiger partial charge < -0.3 is 15.7 Å². The molecule has 0 aliphatic rings. The molecule has 0 spiro atoms. The minimum atomic E-state index is -1.08. The first-order chi connectivity index (χ1) is 7.60. The summed E-state index contributed by atoms with van der Waals surface area (Å²) in [6.45, 7) is 1.73. The van der Waals surface area contributed by atoms with Crippen LogP contribution in [0.2, 0.25) is 0 Å². The van der Waals surface area contributed by atoms with E-state index in [2.05, 4.69) is 10.6 Å². The van der Waals surface area contributed by atoms with Crippen molar-refractivity contribution in [3.8, 4) is 0 Å². The summed E-state index contributed by atoms with van der Waals surface area (Å²) in [5, 5.41) is 13.4. The Labute approximate surface area is 94.4 Å². The van der Waals surface area contributed by atoms with Crippen LogP contribution >= 0.6 is 0 Å². The van der Waals surface area contributed by atoms with Crippen molar-refractivity contribution < 1.29 is 19.1 Å². The Morgan fingerprint density at radius 1 is 1.44 bits per heavy atom. The van der Waals surface area contributed by atoms with Gasteiger partial charge in [-0.15, -0.1) is 0 Å². The summed E-state index contributed by atoms with van der Waals surface area (Å²) in [6.07, 6.45) is 0.597. The van der Waals surface area contributed by atoms with Crippen LogP contribution in [-0.4, -0.2) is 36.4 Å². The molecule has 16 heavy (non-hydrogen) atoms. The molecule has 0 aromatic carbocycles. The maximum Gasteiger partial charge on any atom is 0.404 e. The molecule has 1 atom stereocenters. The minimum Gasteiger partial charge on any atom is -0.465 e. The second kappa shape index (κ2) is 8.94. The summed E-state index contributed by atoms with van der Waals surface area (Å²) < 4.78 is 11.7. The summed E-state index contributed by atoms with van der Waals surface area (Å²) in [7, 11) is 0. The van der Waals surface area contributed by atoms with Crippen LogP contribution in [-0.2, 0) is 4.79 Å². The van der Waals surface area contributed by atoms with Crippen molar-refractivity contribution in [2.24, 2.45) is 0 Å². The standard InChI is InChI=1S/C10H19FN2O3/c1-2-8(13-10(15)16)4-5-9(14)12-7-3-6-11/h8,13H,2-7H2,1H3,(H,12,14)(H,15,16). The fourth-order valence-electron chi connectivity index (χ4n) is 1.24. The summed E-state index contributed by atoms with van der Waals surface area (Å²) in [6, 6.07) is -0.204. The van der Waals surface area contributed by atoms with Crippen molar-refractivity contribution in [1.82, 2.24) is 10.6 Å². The lowest BCUT2D eigenvalue weighted by Crippen LogP contribution is -2.34. The fraction of sp³-hybridized carbons (Fsp3) is 0.800. The Bertz CT molecular complexity index is 224. The lowest BCUT2D eigenvalue weighted by atomic mass is 10.1. The number of hydrogen-bond donors (Lipinski definition) is 3. The molecular weight excluding hydrogens is 215 g/mol. The molecule has 0 saturated carbocycles.